The molecule has 0 aliphatic rings. The number of rotatable bonds is 4. The van der Waals surface area contributed by atoms with Gasteiger partial charge in [-0.2, -0.15) is 5.06 Å². The van der Waals surface area contributed by atoms with E-state index in [2.05, 4.69) is 6.07 Å². The van der Waals surface area contributed by atoms with Crippen molar-refractivity contribution in [3.63, 3.8) is 0 Å². The summed E-state index contributed by atoms with van der Waals surface area (Å²) in [5, 5.41) is 10.4. The molecule has 0 bridgehead atoms. The number of aryl methyl sites for hydroxylation is 2. The number of benzene rings is 2. The van der Waals surface area contributed by atoms with Gasteiger partial charge >= 0.3 is 5.24 Å². The van der Waals surface area contributed by atoms with Gasteiger partial charge in [0.05, 0.1) is 5.69 Å². The second kappa shape index (κ2) is 7.57. The number of nitrogens with zero attached hydrogens (tertiary/aromatic N) is 1. The average Bonchev–Trinajstić information content (AvgIpc) is 2.52. The molecule has 2 rings (SSSR count). The summed E-state index contributed by atoms with van der Waals surface area (Å²) < 4.78 is 5.88. The molecule has 0 heterocycles. The fourth-order valence-electron chi connectivity index (χ4n) is 2.43. The van der Waals surface area contributed by atoms with Gasteiger partial charge in [-0.05, 0) is 37.3 Å². The Labute approximate surface area is 141 Å². The molecule has 2 aromatic carbocycles. The molecule has 120 valence electrons. The largest absolute Gasteiger partial charge is 0.489 e. The lowest BCUT2D eigenvalue weighted by molar-refractivity contribution is 0.223. The Balaban J connectivity index is 2.26. The smallest absolute Gasteiger partial charge is 0.309 e. The summed E-state index contributed by atoms with van der Waals surface area (Å²) in [5.41, 5.74) is 4.29. The first kappa shape index (κ1) is 17.4. The van der Waals surface area contributed by atoms with Crippen LogP contribution in [-0.4, -0.2) is 24.5 Å². The summed E-state index contributed by atoms with van der Waals surface area (Å²) in [4.78, 5) is 11.8. The van der Waals surface area contributed by atoms with Gasteiger partial charge in [0, 0.05) is 5.56 Å². The van der Waals surface area contributed by atoms with E-state index in [0.29, 0.717) is 10.8 Å². The topological polar surface area (TPSA) is 49.8 Å². The van der Waals surface area contributed by atoms with Crippen molar-refractivity contribution in [1.29, 1.82) is 0 Å². The van der Waals surface area contributed by atoms with Crippen LogP contribution in [0.4, 0.5) is 10.5 Å². The van der Waals surface area contributed by atoms with Crippen molar-refractivity contribution in [1.82, 2.24) is 0 Å². The normalized spacial score (nSPS) is 10.4. The maximum Gasteiger partial charge on any atom is 0.309 e. The summed E-state index contributed by atoms with van der Waals surface area (Å²) in [6.07, 6.45) is 1.63. The van der Waals surface area contributed by atoms with Crippen molar-refractivity contribution in [3.05, 3.63) is 53.1 Å². The fraction of sp³-hybridized carbons (Fsp3) is 0.235. The summed E-state index contributed by atoms with van der Waals surface area (Å²) in [6, 6.07) is 11.6. The molecule has 0 saturated heterocycles. The van der Waals surface area contributed by atoms with Gasteiger partial charge in [-0.15, -0.1) is 0 Å². The summed E-state index contributed by atoms with van der Waals surface area (Å²) in [5.74, 6) is 0.795. The Hall–Kier alpha value is -1.92. The third-order valence-corrected chi connectivity index (χ3v) is 4.12. The highest BCUT2D eigenvalue weighted by molar-refractivity contribution is 8.13. The number of anilines is 1. The molecule has 4 nitrogen and oxygen atoms in total. The molecular weight excluding hydrogens is 309 g/mol. The maximum absolute atomic E-state index is 11.8. The van der Waals surface area contributed by atoms with Crippen LogP contribution in [0.1, 0.15) is 16.7 Å². The van der Waals surface area contributed by atoms with Crippen molar-refractivity contribution in [2.24, 2.45) is 0 Å². The number of hydroxylamine groups is 1. The van der Waals surface area contributed by atoms with Crippen molar-refractivity contribution in [2.75, 3.05) is 11.3 Å². The standard InChI is InChI=1S/C17H20BNO3S/c1-11-5-4-6-13(16(11)19(21)17(20)23-3)10-22-15-8-7-14(18)9-12(15)2/h4-9,21H,10,18H2,1-3H3. The second-order valence-electron chi connectivity index (χ2n) is 5.42. The minimum Gasteiger partial charge on any atom is -0.489 e. The molecule has 6 heteroatoms. The highest BCUT2D eigenvalue weighted by atomic mass is 32.2. The van der Waals surface area contributed by atoms with Crippen LogP contribution in [0.25, 0.3) is 0 Å². The number of hydrogen-bond donors (Lipinski definition) is 1. The number of amides is 1. The maximum atomic E-state index is 11.8. The summed E-state index contributed by atoms with van der Waals surface area (Å²) >= 11 is 0.960. The Morgan fingerprint density at radius 1 is 1.26 bits per heavy atom. The molecular formula is C17H20BNO3S. The first-order chi connectivity index (χ1) is 10.9. The minimum atomic E-state index is -0.424. The zero-order valence-corrected chi connectivity index (χ0v) is 14.6. The number of thioether (sulfide) groups is 1. The van der Waals surface area contributed by atoms with Crippen molar-refractivity contribution in [2.45, 2.75) is 20.5 Å². The van der Waals surface area contributed by atoms with E-state index in [1.165, 1.54) is 5.46 Å². The lowest BCUT2D eigenvalue weighted by Crippen LogP contribution is -2.25. The summed E-state index contributed by atoms with van der Waals surface area (Å²) in [6.45, 7) is 4.13. The van der Waals surface area contributed by atoms with Crippen molar-refractivity contribution < 1.29 is 14.7 Å². The van der Waals surface area contributed by atoms with Gasteiger partial charge in [0.15, 0.2) is 0 Å². The molecule has 0 aromatic heterocycles. The molecule has 2 aromatic rings. The van der Waals surface area contributed by atoms with Crippen LogP contribution in [0.5, 0.6) is 5.75 Å². The quantitative estimate of drug-likeness (QED) is 0.532. The molecule has 23 heavy (non-hydrogen) atoms. The van der Waals surface area contributed by atoms with Gasteiger partial charge in [-0.1, -0.05) is 47.6 Å². The number of para-hydroxylation sites is 1. The molecule has 0 aliphatic heterocycles. The van der Waals surface area contributed by atoms with E-state index < -0.39 is 5.24 Å². The molecule has 0 aliphatic carbocycles. The average molecular weight is 329 g/mol. The first-order valence-electron chi connectivity index (χ1n) is 7.29. The van der Waals surface area contributed by atoms with E-state index in [1.54, 1.807) is 6.26 Å². The Morgan fingerprint density at radius 2 is 2.00 bits per heavy atom. The fourth-order valence-corrected chi connectivity index (χ4v) is 2.70. The lowest BCUT2D eigenvalue weighted by atomic mass is 9.94. The monoisotopic (exact) mass is 329 g/mol. The highest BCUT2D eigenvalue weighted by Crippen LogP contribution is 2.28. The van der Waals surface area contributed by atoms with Crippen molar-refractivity contribution >= 4 is 36.0 Å². The molecule has 0 saturated carbocycles. The van der Waals surface area contributed by atoms with Gasteiger partial charge in [-0.3, -0.25) is 10.0 Å². The molecule has 0 unspecified atom stereocenters. The van der Waals surface area contributed by atoms with Crippen LogP contribution in [0, 0.1) is 13.8 Å². The van der Waals surface area contributed by atoms with Crippen LogP contribution in [0.3, 0.4) is 0 Å². The zero-order valence-electron chi connectivity index (χ0n) is 13.8. The van der Waals surface area contributed by atoms with E-state index in [1.807, 2.05) is 52.0 Å². The van der Waals surface area contributed by atoms with Crippen LogP contribution in [0.2, 0.25) is 0 Å². The third-order valence-electron chi connectivity index (χ3n) is 3.59. The predicted molar refractivity (Wildman–Crippen MR) is 98.0 cm³/mol. The summed E-state index contributed by atoms with van der Waals surface area (Å²) in [7, 11) is 2.03. The second-order valence-corrected chi connectivity index (χ2v) is 6.18. The van der Waals surface area contributed by atoms with Gasteiger partial charge in [0.25, 0.3) is 0 Å². The van der Waals surface area contributed by atoms with Crippen LogP contribution >= 0.6 is 11.8 Å². The highest BCUT2D eigenvalue weighted by Gasteiger charge is 2.18. The Morgan fingerprint density at radius 3 is 2.65 bits per heavy atom. The van der Waals surface area contributed by atoms with E-state index in [4.69, 9.17) is 4.74 Å². The van der Waals surface area contributed by atoms with Crippen LogP contribution < -0.4 is 15.3 Å². The number of hydrogen-bond acceptors (Lipinski definition) is 4. The van der Waals surface area contributed by atoms with Gasteiger partial charge in [-0.25, -0.2) is 0 Å². The Bertz CT molecular complexity index is 721. The minimum absolute atomic E-state index is 0.277. The van der Waals surface area contributed by atoms with E-state index in [9.17, 15) is 10.0 Å². The number of ether oxygens (including phenoxy) is 1. The van der Waals surface area contributed by atoms with Crippen LogP contribution in [-0.2, 0) is 6.61 Å². The molecule has 0 fully saturated rings. The van der Waals surface area contributed by atoms with Gasteiger partial charge in [0.1, 0.15) is 20.2 Å². The number of carbonyl (C=O) groups is 1. The first-order valence-corrected chi connectivity index (χ1v) is 8.52. The van der Waals surface area contributed by atoms with Crippen molar-refractivity contribution in [3.8, 4) is 5.75 Å². The predicted octanol–water partition coefficient (Wildman–Crippen LogP) is 2.82. The van der Waals surface area contributed by atoms with Gasteiger partial charge in [0.2, 0.25) is 0 Å². The molecule has 0 atom stereocenters. The zero-order chi connectivity index (χ0) is 17.0. The Kier molecular flexibility index (Phi) is 5.74. The molecule has 0 spiro atoms. The lowest BCUT2D eigenvalue weighted by Gasteiger charge is -2.20. The number of carbonyl (C=O) groups excluding carboxylic acids is 1. The molecule has 0 radical (unpaired) electrons. The molecule has 1 amide bonds. The van der Waals surface area contributed by atoms with E-state index >= 15 is 0 Å². The molecule has 1 N–H and O–H groups in total. The van der Waals surface area contributed by atoms with E-state index in [-0.39, 0.29) is 6.61 Å². The third kappa shape index (κ3) is 4.09. The van der Waals surface area contributed by atoms with Crippen LogP contribution in [0.15, 0.2) is 36.4 Å². The SMILES string of the molecule is Bc1ccc(OCc2cccc(C)c2N(O)C(=O)SC)c(C)c1. The van der Waals surface area contributed by atoms with E-state index in [0.717, 1.165) is 34.2 Å². The van der Waals surface area contributed by atoms with Gasteiger partial charge < -0.3 is 4.74 Å².